The SMILES string of the molecule is CCCCC(C)(CC)c1cnc2cc(C(C)(C)CC)cc(OC(F)F)c2n1. The van der Waals surface area contributed by atoms with Crippen LogP contribution in [0.4, 0.5) is 8.78 Å². The molecule has 150 valence electrons. The Morgan fingerprint density at radius 2 is 1.78 bits per heavy atom. The highest BCUT2D eigenvalue weighted by molar-refractivity contribution is 5.82. The lowest BCUT2D eigenvalue weighted by molar-refractivity contribution is -0.0490. The lowest BCUT2D eigenvalue weighted by Crippen LogP contribution is -2.23. The molecule has 0 N–H and O–H groups in total. The second-order valence-electron chi connectivity index (χ2n) is 8.23. The van der Waals surface area contributed by atoms with Crippen molar-refractivity contribution in [1.29, 1.82) is 0 Å². The van der Waals surface area contributed by atoms with Crippen molar-refractivity contribution in [2.75, 3.05) is 0 Å². The van der Waals surface area contributed by atoms with Crippen LogP contribution in [0.15, 0.2) is 18.3 Å². The molecule has 0 aliphatic carbocycles. The van der Waals surface area contributed by atoms with E-state index < -0.39 is 6.61 Å². The maximum absolute atomic E-state index is 13.1. The molecule has 5 heteroatoms. The molecule has 2 rings (SSSR count). The zero-order valence-electron chi connectivity index (χ0n) is 17.4. The summed E-state index contributed by atoms with van der Waals surface area (Å²) in [6.07, 6.45) is 6.78. The monoisotopic (exact) mass is 378 g/mol. The van der Waals surface area contributed by atoms with Gasteiger partial charge in [0.05, 0.1) is 11.2 Å². The summed E-state index contributed by atoms with van der Waals surface area (Å²) >= 11 is 0. The molecule has 2 aromatic rings. The Morgan fingerprint density at radius 1 is 1.07 bits per heavy atom. The summed E-state index contributed by atoms with van der Waals surface area (Å²) in [5, 5.41) is 0. The minimum atomic E-state index is -2.89. The number of rotatable bonds is 9. The number of alkyl halides is 2. The van der Waals surface area contributed by atoms with E-state index in [4.69, 9.17) is 9.72 Å². The largest absolute Gasteiger partial charge is 0.432 e. The number of halogens is 2. The van der Waals surface area contributed by atoms with Gasteiger partial charge in [0.25, 0.3) is 0 Å². The fourth-order valence-electron chi connectivity index (χ4n) is 3.21. The van der Waals surface area contributed by atoms with Crippen LogP contribution in [-0.4, -0.2) is 16.6 Å². The number of benzene rings is 1. The van der Waals surface area contributed by atoms with Crippen LogP contribution in [0.2, 0.25) is 0 Å². The third-order valence-corrected chi connectivity index (χ3v) is 5.98. The number of hydrogen-bond donors (Lipinski definition) is 0. The molecule has 0 spiro atoms. The molecule has 3 nitrogen and oxygen atoms in total. The van der Waals surface area contributed by atoms with Crippen molar-refractivity contribution in [2.45, 2.75) is 91.1 Å². The Morgan fingerprint density at radius 3 is 2.33 bits per heavy atom. The van der Waals surface area contributed by atoms with Crippen LogP contribution in [0.5, 0.6) is 5.75 Å². The number of ether oxygens (including phenoxy) is 1. The van der Waals surface area contributed by atoms with Gasteiger partial charge in [-0.2, -0.15) is 8.78 Å². The predicted octanol–water partition coefficient (Wildman–Crippen LogP) is 6.78. The summed E-state index contributed by atoms with van der Waals surface area (Å²) in [5.74, 6) is 0.113. The highest BCUT2D eigenvalue weighted by Crippen LogP contribution is 2.37. The van der Waals surface area contributed by atoms with Crippen LogP contribution < -0.4 is 4.74 Å². The molecule has 0 radical (unpaired) electrons. The van der Waals surface area contributed by atoms with E-state index in [1.165, 1.54) is 0 Å². The van der Waals surface area contributed by atoms with Crippen molar-refractivity contribution in [2.24, 2.45) is 0 Å². The van der Waals surface area contributed by atoms with Crippen LogP contribution in [0.3, 0.4) is 0 Å². The zero-order chi connectivity index (χ0) is 20.2. The summed E-state index contributed by atoms with van der Waals surface area (Å²) in [4.78, 5) is 9.34. The molecule has 0 aliphatic heterocycles. The Hall–Kier alpha value is -1.78. The van der Waals surface area contributed by atoms with Crippen molar-refractivity contribution in [1.82, 2.24) is 9.97 Å². The predicted molar refractivity (Wildman–Crippen MR) is 107 cm³/mol. The van der Waals surface area contributed by atoms with Gasteiger partial charge in [0.1, 0.15) is 5.52 Å². The van der Waals surface area contributed by atoms with Gasteiger partial charge in [-0.25, -0.2) is 4.98 Å². The third kappa shape index (κ3) is 4.74. The van der Waals surface area contributed by atoms with Gasteiger partial charge in [-0.15, -0.1) is 0 Å². The summed E-state index contributed by atoms with van der Waals surface area (Å²) in [7, 11) is 0. The second kappa shape index (κ2) is 8.49. The van der Waals surface area contributed by atoms with Crippen LogP contribution in [0.1, 0.15) is 84.9 Å². The summed E-state index contributed by atoms with van der Waals surface area (Å²) in [6.45, 7) is 9.81. The average molecular weight is 379 g/mol. The van der Waals surface area contributed by atoms with E-state index in [-0.39, 0.29) is 16.6 Å². The van der Waals surface area contributed by atoms with Gasteiger partial charge in [-0.3, -0.25) is 4.98 Å². The number of nitrogens with zero attached hydrogens (tertiary/aromatic N) is 2. The first-order valence-electron chi connectivity index (χ1n) is 9.93. The van der Waals surface area contributed by atoms with Crippen molar-refractivity contribution in [3.63, 3.8) is 0 Å². The van der Waals surface area contributed by atoms with E-state index in [2.05, 4.69) is 46.5 Å². The van der Waals surface area contributed by atoms with E-state index >= 15 is 0 Å². The quantitative estimate of drug-likeness (QED) is 0.482. The minimum absolute atomic E-state index is 0.113. The molecule has 0 aliphatic rings. The molecule has 0 saturated heterocycles. The highest BCUT2D eigenvalue weighted by atomic mass is 19.3. The van der Waals surface area contributed by atoms with Crippen molar-refractivity contribution < 1.29 is 13.5 Å². The van der Waals surface area contributed by atoms with Crippen molar-refractivity contribution in [3.05, 3.63) is 29.6 Å². The third-order valence-electron chi connectivity index (χ3n) is 5.98. The van der Waals surface area contributed by atoms with Gasteiger partial charge in [0.2, 0.25) is 0 Å². The molecule has 1 atom stereocenters. The molecule has 0 saturated carbocycles. The topological polar surface area (TPSA) is 35.0 Å². The summed E-state index contributed by atoms with van der Waals surface area (Å²) in [5.41, 5.74) is 2.50. The molecule has 1 heterocycles. The molecular formula is C22H32F2N2O. The van der Waals surface area contributed by atoms with Gasteiger partial charge in [-0.1, -0.05) is 54.4 Å². The van der Waals surface area contributed by atoms with Gasteiger partial charge < -0.3 is 4.74 Å². The van der Waals surface area contributed by atoms with Crippen LogP contribution in [-0.2, 0) is 10.8 Å². The van der Waals surface area contributed by atoms with Crippen molar-refractivity contribution >= 4 is 11.0 Å². The van der Waals surface area contributed by atoms with Crippen LogP contribution in [0.25, 0.3) is 11.0 Å². The van der Waals surface area contributed by atoms with Gasteiger partial charge in [0, 0.05) is 11.6 Å². The van der Waals surface area contributed by atoms with Crippen LogP contribution in [0, 0.1) is 0 Å². The summed E-state index contributed by atoms with van der Waals surface area (Å²) < 4.78 is 31.0. The molecule has 0 fully saturated rings. The fourth-order valence-corrected chi connectivity index (χ4v) is 3.21. The Bertz CT molecular complexity index is 776. The zero-order valence-corrected chi connectivity index (χ0v) is 17.4. The first kappa shape index (κ1) is 21.5. The standard InChI is InChI=1S/C22H32F2N2O/c1-7-10-11-22(6,9-3)18-14-25-16-12-15(21(4,5)8-2)13-17(19(16)26-18)27-20(23)24/h12-14,20H,7-11H2,1-6H3. The van der Waals surface area contributed by atoms with E-state index in [1.54, 1.807) is 12.3 Å². The number of hydrogen-bond acceptors (Lipinski definition) is 3. The lowest BCUT2D eigenvalue weighted by Gasteiger charge is -2.28. The van der Waals surface area contributed by atoms with Crippen LogP contribution >= 0.6 is 0 Å². The Labute approximate surface area is 161 Å². The van der Waals surface area contributed by atoms with Gasteiger partial charge in [-0.05, 0) is 42.4 Å². The number of unbranched alkanes of at least 4 members (excludes halogenated alkanes) is 1. The molecule has 1 unspecified atom stereocenters. The van der Waals surface area contributed by atoms with E-state index in [0.717, 1.165) is 43.4 Å². The molecule has 0 bridgehead atoms. The number of aromatic nitrogens is 2. The van der Waals surface area contributed by atoms with Gasteiger partial charge in [0.15, 0.2) is 5.75 Å². The molecular weight excluding hydrogens is 346 g/mol. The Balaban J connectivity index is 2.63. The summed E-state index contributed by atoms with van der Waals surface area (Å²) in [6, 6.07) is 3.65. The fraction of sp³-hybridized carbons (Fsp3) is 0.636. The smallest absolute Gasteiger partial charge is 0.387 e. The van der Waals surface area contributed by atoms with E-state index in [0.29, 0.717) is 11.0 Å². The van der Waals surface area contributed by atoms with E-state index in [9.17, 15) is 8.78 Å². The number of fused-ring (bicyclic) bond motifs is 1. The Kier molecular flexibility index (Phi) is 6.77. The molecule has 1 aromatic carbocycles. The maximum Gasteiger partial charge on any atom is 0.387 e. The van der Waals surface area contributed by atoms with Gasteiger partial charge >= 0.3 is 6.61 Å². The second-order valence-corrected chi connectivity index (χ2v) is 8.23. The molecule has 27 heavy (non-hydrogen) atoms. The first-order valence-corrected chi connectivity index (χ1v) is 9.93. The maximum atomic E-state index is 13.1. The lowest BCUT2D eigenvalue weighted by atomic mass is 9.79. The average Bonchev–Trinajstić information content (AvgIpc) is 2.65. The van der Waals surface area contributed by atoms with E-state index in [1.807, 2.05) is 6.07 Å². The first-order chi connectivity index (χ1) is 12.7. The normalized spacial score (nSPS) is 14.6. The minimum Gasteiger partial charge on any atom is -0.432 e. The van der Waals surface area contributed by atoms with Crippen molar-refractivity contribution in [3.8, 4) is 5.75 Å². The molecule has 1 aromatic heterocycles. The molecule has 0 amide bonds. The highest BCUT2D eigenvalue weighted by Gasteiger charge is 2.28.